The first-order valence-corrected chi connectivity index (χ1v) is 7.80. The fourth-order valence-corrected chi connectivity index (χ4v) is 2.95. The Hall–Kier alpha value is -1.61. The first-order chi connectivity index (χ1) is 9.60. The van der Waals surface area contributed by atoms with Crippen molar-refractivity contribution in [2.45, 2.75) is 31.4 Å². The summed E-state index contributed by atoms with van der Waals surface area (Å²) in [6.45, 7) is 6.95. The number of rotatable bonds is 5. The average molecular weight is 287 g/mol. The van der Waals surface area contributed by atoms with E-state index < -0.39 is 0 Å². The zero-order valence-electron chi connectivity index (χ0n) is 12.3. The van der Waals surface area contributed by atoms with Crippen LogP contribution >= 0.6 is 11.8 Å². The summed E-state index contributed by atoms with van der Waals surface area (Å²) in [6, 6.07) is 12.4. The fraction of sp³-hybridized carbons (Fsp3) is 0.294. The van der Waals surface area contributed by atoms with Crippen molar-refractivity contribution in [3.05, 3.63) is 53.1 Å². The molecule has 0 bridgehead atoms. The van der Waals surface area contributed by atoms with E-state index in [1.165, 1.54) is 16.0 Å². The predicted octanol–water partition coefficient (Wildman–Crippen LogP) is 4.58. The lowest BCUT2D eigenvalue weighted by Crippen LogP contribution is -1.97. The number of anilines is 1. The van der Waals surface area contributed by atoms with Crippen LogP contribution in [0.2, 0.25) is 0 Å². The topological polar surface area (TPSA) is 35.2 Å². The molecule has 0 saturated heterocycles. The van der Waals surface area contributed by atoms with Crippen LogP contribution in [-0.4, -0.2) is 6.61 Å². The highest BCUT2D eigenvalue weighted by molar-refractivity contribution is 7.98. The number of hydrogen-bond donors (Lipinski definition) is 1. The monoisotopic (exact) mass is 287 g/mol. The zero-order chi connectivity index (χ0) is 14.5. The molecule has 0 atom stereocenters. The van der Waals surface area contributed by atoms with E-state index in [0.29, 0.717) is 6.61 Å². The van der Waals surface area contributed by atoms with E-state index in [1.54, 1.807) is 0 Å². The second-order valence-corrected chi connectivity index (χ2v) is 5.88. The van der Waals surface area contributed by atoms with E-state index >= 15 is 0 Å². The molecule has 0 saturated carbocycles. The van der Waals surface area contributed by atoms with Gasteiger partial charge in [-0.2, -0.15) is 0 Å². The molecular formula is C17H21NOS. The minimum absolute atomic E-state index is 0.672. The van der Waals surface area contributed by atoms with Crippen molar-refractivity contribution < 1.29 is 4.74 Å². The van der Waals surface area contributed by atoms with Crippen LogP contribution < -0.4 is 10.5 Å². The molecule has 106 valence electrons. The molecule has 0 heterocycles. The summed E-state index contributed by atoms with van der Waals surface area (Å²) in [4.78, 5) is 1.28. The molecule has 0 fully saturated rings. The standard InChI is InChI=1S/C17H21NOS/c1-4-19-17-8-6-15(18)10-14(17)11-20-16-7-5-12(2)13(3)9-16/h5-10H,4,11,18H2,1-3H3. The summed E-state index contributed by atoms with van der Waals surface area (Å²) in [5, 5.41) is 0. The highest BCUT2D eigenvalue weighted by Crippen LogP contribution is 2.30. The Bertz CT molecular complexity index is 596. The van der Waals surface area contributed by atoms with Crippen LogP contribution in [0.15, 0.2) is 41.3 Å². The van der Waals surface area contributed by atoms with E-state index in [-0.39, 0.29) is 0 Å². The largest absolute Gasteiger partial charge is 0.494 e. The van der Waals surface area contributed by atoms with E-state index in [2.05, 4.69) is 32.0 Å². The van der Waals surface area contributed by atoms with Gasteiger partial charge in [-0.25, -0.2) is 0 Å². The number of hydrogen-bond acceptors (Lipinski definition) is 3. The van der Waals surface area contributed by atoms with Gasteiger partial charge in [0.1, 0.15) is 5.75 Å². The number of ether oxygens (including phenoxy) is 1. The molecule has 0 amide bonds. The van der Waals surface area contributed by atoms with Gasteiger partial charge in [0, 0.05) is 21.9 Å². The van der Waals surface area contributed by atoms with Crippen molar-refractivity contribution in [1.82, 2.24) is 0 Å². The molecule has 0 aliphatic heterocycles. The normalized spacial score (nSPS) is 10.6. The minimum atomic E-state index is 0.672. The van der Waals surface area contributed by atoms with Gasteiger partial charge in [-0.1, -0.05) is 6.07 Å². The van der Waals surface area contributed by atoms with Crippen molar-refractivity contribution in [3.8, 4) is 5.75 Å². The Kier molecular flexibility index (Phi) is 4.96. The number of nitrogen functional groups attached to an aromatic ring is 1. The van der Waals surface area contributed by atoms with E-state index in [1.807, 2.05) is 36.9 Å². The molecule has 3 heteroatoms. The van der Waals surface area contributed by atoms with Crippen LogP contribution in [0.4, 0.5) is 5.69 Å². The van der Waals surface area contributed by atoms with Gasteiger partial charge in [0.05, 0.1) is 6.61 Å². The van der Waals surface area contributed by atoms with E-state index in [0.717, 1.165) is 22.8 Å². The molecular weight excluding hydrogens is 266 g/mol. The van der Waals surface area contributed by atoms with Gasteiger partial charge in [0.25, 0.3) is 0 Å². The Labute approximate surface area is 125 Å². The van der Waals surface area contributed by atoms with Gasteiger partial charge in [0.2, 0.25) is 0 Å². The Morgan fingerprint density at radius 2 is 1.85 bits per heavy atom. The first-order valence-electron chi connectivity index (χ1n) is 6.81. The fourth-order valence-electron chi connectivity index (χ4n) is 1.97. The summed E-state index contributed by atoms with van der Waals surface area (Å²) < 4.78 is 5.65. The van der Waals surface area contributed by atoms with Crippen LogP contribution in [0.3, 0.4) is 0 Å². The van der Waals surface area contributed by atoms with Crippen molar-refractivity contribution in [1.29, 1.82) is 0 Å². The van der Waals surface area contributed by atoms with E-state index in [9.17, 15) is 0 Å². The average Bonchev–Trinajstić information content (AvgIpc) is 2.43. The van der Waals surface area contributed by atoms with Crippen LogP contribution in [0.1, 0.15) is 23.6 Å². The highest BCUT2D eigenvalue weighted by atomic mass is 32.2. The summed E-state index contributed by atoms with van der Waals surface area (Å²) in [7, 11) is 0. The summed E-state index contributed by atoms with van der Waals surface area (Å²) in [5.74, 6) is 1.79. The van der Waals surface area contributed by atoms with Crippen molar-refractivity contribution in [3.63, 3.8) is 0 Å². The number of thioether (sulfide) groups is 1. The third-order valence-electron chi connectivity index (χ3n) is 3.26. The number of aryl methyl sites for hydroxylation is 2. The highest BCUT2D eigenvalue weighted by Gasteiger charge is 2.06. The minimum Gasteiger partial charge on any atom is -0.494 e. The Morgan fingerprint density at radius 3 is 2.55 bits per heavy atom. The Balaban J connectivity index is 2.13. The van der Waals surface area contributed by atoms with Gasteiger partial charge < -0.3 is 10.5 Å². The molecule has 0 unspecified atom stereocenters. The molecule has 2 nitrogen and oxygen atoms in total. The van der Waals surface area contributed by atoms with Crippen LogP contribution in [0.5, 0.6) is 5.75 Å². The smallest absolute Gasteiger partial charge is 0.123 e. The molecule has 0 aromatic heterocycles. The first kappa shape index (κ1) is 14.8. The second kappa shape index (κ2) is 6.71. The summed E-state index contributed by atoms with van der Waals surface area (Å²) in [6.07, 6.45) is 0. The summed E-state index contributed by atoms with van der Waals surface area (Å²) in [5.41, 5.74) is 10.5. The van der Waals surface area contributed by atoms with Gasteiger partial charge in [-0.15, -0.1) is 11.8 Å². The lowest BCUT2D eigenvalue weighted by atomic mass is 10.1. The molecule has 0 spiro atoms. The third kappa shape index (κ3) is 3.70. The van der Waals surface area contributed by atoms with Gasteiger partial charge >= 0.3 is 0 Å². The van der Waals surface area contributed by atoms with Gasteiger partial charge in [0.15, 0.2) is 0 Å². The molecule has 20 heavy (non-hydrogen) atoms. The molecule has 0 aliphatic rings. The molecule has 2 N–H and O–H groups in total. The van der Waals surface area contributed by atoms with Crippen molar-refractivity contribution in [2.75, 3.05) is 12.3 Å². The van der Waals surface area contributed by atoms with Gasteiger partial charge in [-0.3, -0.25) is 0 Å². The summed E-state index contributed by atoms with van der Waals surface area (Å²) >= 11 is 1.81. The van der Waals surface area contributed by atoms with Crippen molar-refractivity contribution >= 4 is 17.4 Å². The molecule has 2 rings (SSSR count). The maximum absolute atomic E-state index is 5.87. The zero-order valence-corrected chi connectivity index (χ0v) is 13.1. The SMILES string of the molecule is CCOc1ccc(N)cc1CSc1ccc(C)c(C)c1. The molecule has 0 radical (unpaired) electrons. The van der Waals surface area contributed by atoms with E-state index in [4.69, 9.17) is 10.5 Å². The van der Waals surface area contributed by atoms with Crippen LogP contribution in [0.25, 0.3) is 0 Å². The number of nitrogens with two attached hydrogens (primary N) is 1. The predicted molar refractivity (Wildman–Crippen MR) is 87.5 cm³/mol. The molecule has 2 aromatic carbocycles. The lowest BCUT2D eigenvalue weighted by molar-refractivity contribution is 0.337. The second-order valence-electron chi connectivity index (χ2n) is 4.83. The number of benzene rings is 2. The maximum atomic E-state index is 5.87. The van der Waals surface area contributed by atoms with Gasteiger partial charge in [-0.05, 0) is 62.2 Å². The molecule has 0 aliphatic carbocycles. The van der Waals surface area contributed by atoms with Crippen molar-refractivity contribution in [2.24, 2.45) is 0 Å². The van der Waals surface area contributed by atoms with Crippen LogP contribution in [0, 0.1) is 13.8 Å². The quantitative estimate of drug-likeness (QED) is 0.646. The molecule has 2 aromatic rings. The Morgan fingerprint density at radius 1 is 1.05 bits per heavy atom. The maximum Gasteiger partial charge on any atom is 0.123 e. The van der Waals surface area contributed by atoms with Crippen LogP contribution in [-0.2, 0) is 5.75 Å². The lowest BCUT2D eigenvalue weighted by Gasteiger charge is -2.11. The third-order valence-corrected chi connectivity index (χ3v) is 4.30.